The molecule has 0 unspecified atom stereocenters. The predicted molar refractivity (Wildman–Crippen MR) is 115 cm³/mol. The van der Waals surface area contributed by atoms with Crippen molar-refractivity contribution >= 4 is 23.9 Å². The molecule has 1 aromatic carbocycles. The number of ether oxygens (including phenoxy) is 1. The Morgan fingerprint density at radius 3 is 2.76 bits per heavy atom. The fourth-order valence-electron chi connectivity index (χ4n) is 3.76. The van der Waals surface area contributed by atoms with E-state index in [0.29, 0.717) is 19.1 Å². The van der Waals surface area contributed by atoms with Crippen molar-refractivity contribution in [1.82, 2.24) is 14.7 Å². The molecule has 0 saturated carbocycles. The molecule has 1 fully saturated rings. The Morgan fingerprint density at radius 1 is 1.28 bits per heavy atom. The number of fused-ring (bicyclic) bond motifs is 1. The molecule has 1 atom stereocenters. The number of nitrogens with zero attached hydrogens (tertiary/aromatic N) is 5. The maximum atomic E-state index is 12.7. The van der Waals surface area contributed by atoms with Gasteiger partial charge in [-0.15, -0.1) is 0 Å². The van der Waals surface area contributed by atoms with Gasteiger partial charge in [-0.2, -0.15) is 0 Å². The van der Waals surface area contributed by atoms with Gasteiger partial charge in [0.15, 0.2) is 0 Å². The summed E-state index contributed by atoms with van der Waals surface area (Å²) in [4.78, 5) is 28.2. The molecule has 2 amide bonds. The highest BCUT2D eigenvalue weighted by Crippen LogP contribution is 2.22. The van der Waals surface area contributed by atoms with Crippen molar-refractivity contribution in [3.63, 3.8) is 0 Å². The summed E-state index contributed by atoms with van der Waals surface area (Å²) in [6.45, 7) is 7.85. The fourth-order valence-corrected chi connectivity index (χ4v) is 3.76. The van der Waals surface area contributed by atoms with Crippen molar-refractivity contribution < 1.29 is 9.53 Å². The lowest BCUT2D eigenvalue weighted by atomic mass is 10.2. The number of hydrogen-bond donors (Lipinski definition) is 1. The quantitative estimate of drug-likeness (QED) is 0.849. The molecule has 8 heteroatoms. The molecule has 3 heterocycles. The molecule has 0 bridgehead atoms. The van der Waals surface area contributed by atoms with E-state index in [0.717, 1.165) is 54.7 Å². The van der Waals surface area contributed by atoms with Crippen LogP contribution >= 0.6 is 0 Å². The first-order chi connectivity index (χ1) is 14.1. The van der Waals surface area contributed by atoms with Gasteiger partial charge in [0.25, 0.3) is 0 Å². The molecule has 4 rings (SSSR count). The third-order valence-corrected chi connectivity index (χ3v) is 5.64. The lowest BCUT2D eigenvalue weighted by Crippen LogP contribution is -2.50. The average molecular weight is 396 g/mol. The number of methoxy groups -OCH3 is 1. The first-order valence-electron chi connectivity index (χ1n) is 10.1. The minimum absolute atomic E-state index is 0.0730. The topological polar surface area (TPSA) is 72.8 Å². The highest BCUT2D eigenvalue weighted by Gasteiger charge is 2.28. The third-order valence-electron chi connectivity index (χ3n) is 5.64. The average Bonchev–Trinajstić information content (AvgIpc) is 3.17. The zero-order chi connectivity index (χ0) is 20.4. The van der Waals surface area contributed by atoms with E-state index in [1.807, 2.05) is 36.4 Å². The van der Waals surface area contributed by atoms with Crippen molar-refractivity contribution in [2.24, 2.45) is 9.98 Å². The number of aryl methyl sites for hydroxylation is 1. The zero-order valence-corrected chi connectivity index (χ0v) is 17.3. The molecule has 1 N–H and O–H groups in total. The Kier molecular flexibility index (Phi) is 5.42. The van der Waals surface area contributed by atoms with Crippen LogP contribution in [0.3, 0.4) is 0 Å². The number of piperazine rings is 1. The van der Waals surface area contributed by atoms with Crippen LogP contribution in [-0.4, -0.2) is 78.8 Å². The number of carbonyl (C=O) groups excluding carboxylic acids is 1. The number of carbonyl (C=O) groups is 1. The van der Waals surface area contributed by atoms with Gasteiger partial charge in [0.2, 0.25) is 0 Å². The van der Waals surface area contributed by atoms with Gasteiger partial charge in [-0.1, -0.05) is 6.92 Å². The molecule has 1 aromatic rings. The van der Waals surface area contributed by atoms with Gasteiger partial charge in [-0.05, 0) is 37.1 Å². The number of nitrogens with one attached hydrogen (secondary N) is 1. The zero-order valence-electron chi connectivity index (χ0n) is 17.3. The Balaban J connectivity index is 1.34. The lowest BCUT2D eigenvalue weighted by molar-refractivity contribution is 0.167. The van der Waals surface area contributed by atoms with Crippen molar-refractivity contribution in [1.29, 1.82) is 0 Å². The summed E-state index contributed by atoms with van der Waals surface area (Å²) in [6.07, 6.45) is 4.99. The lowest BCUT2D eigenvalue weighted by Gasteiger charge is -2.36. The van der Waals surface area contributed by atoms with Crippen LogP contribution in [0.5, 0.6) is 5.75 Å². The van der Waals surface area contributed by atoms with Crippen LogP contribution in [0, 0.1) is 6.92 Å². The summed E-state index contributed by atoms with van der Waals surface area (Å²) in [5.74, 6) is 2.71. The molecule has 29 heavy (non-hydrogen) atoms. The van der Waals surface area contributed by atoms with Crippen LogP contribution in [0.1, 0.15) is 18.9 Å². The van der Waals surface area contributed by atoms with Crippen molar-refractivity contribution in [2.75, 3.05) is 45.2 Å². The van der Waals surface area contributed by atoms with E-state index in [-0.39, 0.29) is 6.03 Å². The molecule has 0 aromatic heterocycles. The fraction of sp³-hybridized carbons (Fsp3) is 0.476. The van der Waals surface area contributed by atoms with E-state index in [4.69, 9.17) is 9.73 Å². The van der Waals surface area contributed by atoms with Crippen LogP contribution in [0.25, 0.3) is 0 Å². The number of urea groups is 1. The molecule has 1 saturated heterocycles. The second-order valence-corrected chi connectivity index (χ2v) is 7.53. The monoisotopic (exact) mass is 396 g/mol. The molecule has 3 aliphatic heterocycles. The van der Waals surface area contributed by atoms with E-state index >= 15 is 0 Å². The molecule has 0 aliphatic carbocycles. The highest BCUT2D eigenvalue weighted by atomic mass is 16.5. The first kappa shape index (κ1) is 19.3. The summed E-state index contributed by atoms with van der Waals surface area (Å²) in [6, 6.07) is 5.93. The molecule has 8 nitrogen and oxygen atoms in total. The summed E-state index contributed by atoms with van der Waals surface area (Å²) in [7, 11) is 1.64. The summed E-state index contributed by atoms with van der Waals surface area (Å²) >= 11 is 0. The van der Waals surface area contributed by atoms with E-state index in [1.54, 1.807) is 7.11 Å². The largest absolute Gasteiger partial charge is 0.497 e. The van der Waals surface area contributed by atoms with Gasteiger partial charge in [0.1, 0.15) is 17.4 Å². The summed E-state index contributed by atoms with van der Waals surface area (Å²) in [5.41, 5.74) is 1.79. The summed E-state index contributed by atoms with van der Waals surface area (Å²) in [5, 5.41) is 3.01. The SMILES string of the molecule is CC[C@H]1CN2C=NC(N3CCN(C(=O)Nc4ccc(OC)cc4C)CC3)=CC2=N1. The molecule has 154 valence electrons. The molecular weight excluding hydrogens is 368 g/mol. The Labute approximate surface area is 171 Å². The molecular formula is C21H28N6O2. The number of amidine groups is 1. The maximum absolute atomic E-state index is 12.7. The Morgan fingerprint density at radius 2 is 2.07 bits per heavy atom. The second-order valence-electron chi connectivity index (χ2n) is 7.53. The smallest absolute Gasteiger partial charge is 0.321 e. The van der Waals surface area contributed by atoms with Gasteiger partial charge in [0, 0.05) is 44.5 Å². The number of aliphatic imine (C=N–C) groups is 2. The normalized spacial score (nSPS) is 20.9. The van der Waals surface area contributed by atoms with Gasteiger partial charge < -0.3 is 24.8 Å². The second kappa shape index (κ2) is 8.14. The highest BCUT2D eigenvalue weighted by molar-refractivity contribution is 6.03. The van der Waals surface area contributed by atoms with Crippen molar-refractivity contribution in [3.8, 4) is 5.75 Å². The van der Waals surface area contributed by atoms with E-state index in [9.17, 15) is 4.79 Å². The third kappa shape index (κ3) is 4.06. The first-order valence-corrected chi connectivity index (χ1v) is 10.1. The summed E-state index contributed by atoms with van der Waals surface area (Å²) < 4.78 is 5.22. The Bertz CT molecular complexity index is 870. The van der Waals surface area contributed by atoms with Crippen molar-refractivity contribution in [3.05, 3.63) is 35.7 Å². The van der Waals surface area contributed by atoms with Gasteiger partial charge in [0.05, 0.1) is 19.5 Å². The molecule has 0 spiro atoms. The standard InChI is InChI=1S/C21H28N6O2/c1-4-16-13-27-14-22-19(12-20(27)23-16)25-7-9-26(10-8-25)21(28)24-18-6-5-17(29-3)11-15(18)2/h5-6,11-12,14,16H,4,7-10,13H2,1-3H3,(H,24,28)/t16-/m0/s1. The Hall–Kier alpha value is -3.03. The number of amides is 2. The van der Waals surface area contributed by atoms with Crippen LogP contribution in [-0.2, 0) is 0 Å². The number of rotatable bonds is 4. The number of anilines is 1. The molecule has 3 aliphatic rings. The van der Waals surface area contributed by atoms with Gasteiger partial charge in [-0.25, -0.2) is 9.79 Å². The maximum Gasteiger partial charge on any atom is 0.321 e. The van der Waals surface area contributed by atoms with E-state index < -0.39 is 0 Å². The van der Waals surface area contributed by atoms with Gasteiger partial charge in [-0.3, -0.25) is 4.99 Å². The molecule has 0 radical (unpaired) electrons. The van der Waals surface area contributed by atoms with Crippen molar-refractivity contribution in [2.45, 2.75) is 26.3 Å². The number of hydrogen-bond acceptors (Lipinski definition) is 6. The minimum atomic E-state index is -0.0730. The van der Waals surface area contributed by atoms with Gasteiger partial charge >= 0.3 is 6.03 Å². The number of benzene rings is 1. The van der Waals surface area contributed by atoms with Crippen LogP contribution < -0.4 is 10.1 Å². The van der Waals surface area contributed by atoms with Crippen LogP contribution in [0.15, 0.2) is 40.1 Å². The van der Waals surface area contributed by atoms with E-state index in [2.05, 4.69) is 33.1 Å². The van der Waals surface area contributed by atoms with Crippen LogP contribution in [0.2, 0.25) is 0 Å². The minimum Gasteiger partial charge on any atom is -0.497 e. The van der Waals surface area contributed by atoms with E-state index in [1.165, 1.54) is 0 Å². The van der Waals surface area contributed by atoms with Crippen LogP contribution in [0.4, 0.5) is 10.5 Å². The predicted octanol–water partition coefficient (Wildman–Crippen LogP) is 2.53.